The van der Waals surface area contributed by atoms with E-state index in [1.165, 1.54) is 29.2 Å². The lowest BCUT2D eigenvalue weighted by atomic mass is 9.97. The molecule has 4 rings (SSSR count). The molecule has 0 unspecified atom stereocenters. The highest BCUT2D eigenvalue weighted by atomic mass is 32.2. The number of fused-ring (bicyclic) bond motifs is 4. The molecule has 2 atom stereocenters. The highest BCUT2D eigenvalue weighted by Crippen LogP contribution is 2.31. The number of halogens is 1. The molecular weight excluding hydrogens is 345 g/mol. The summed E-state index contributed by atoms with van der Waals surface area (Å²) in [6, 6.07) is 5.30. The number of nitrogens with zero attached hydrogens (tertiary/aromatic N) is 3. The van der Waals surface area contributed by atoms with Crippen molar-refractivity contribution >= 4 is 16.1 Å². The van der Waals surface area contributed by atoms with Gasteiger partial charge in [0.2, 0.25) is 10.0 Å². The number of hydrogen-bond acceptors (Lipinski definition) is 3. The Kier molecular flexibility index (Phi) is 5.02. The van der Waals surface area contributed by atoms with Gasteiger partial charge in [-0.2, -0.15) is 4.31 Å². The predicted octanol–water partition coefficient (Wildman–Crippen LogP) is 1.73. The third-order valence-corrected chi connectivity index (χ3v) is 6.80. The third-order valence-electron chi connectivity index (χ3n) is 4.94. The zero-order valence-corrected chi connectivity index (χ0v) is 15.4. The number of amides is 2. The molecule has 138 valence electrons. The summed E-state index contributed by atoms with van der Waals surface area (Å²) < 4.78 is 40.4. The Bertz CT molecular complexity index is 736. The van der Waals surface area contributed by atoms with Gasteiger partial charge in [-0.1, -0.05) is 12.1 Å². The van der Waals surface area contributed by atoms with Crippen LogP contribution >= 0.6 is 0 Å². The SMILES string of the molecule is CN(C)C(=O)N1C[C@@H]2CC[C@H](C1)N(S(=O)(=O)Cc1ccc(F)cc1)C2. The van der Waals surface area contributed by atoms with Gasteiger partial charge in [-0.25, -0.2) is 17.6 Å². The summed E-state index contributed by atoms with van der Waals surface area (Å²) in [4.78, 5) is 15.6. The second-order valence-electron chi connectivity index (χ2n) is 7.13. The lowest BCUT2D eigenvalue weighted by Gasteiger charge is -2.35. The van der Waals surface area contributed by atoms with E-state index in [0.717, 1.165) is 12.8 Å². The van der Waals surface area contributed by atoms with Gasteiger partial charge in [-0.3, -0.25) is 0 Å². The molecule has 0 aliphatic carbocycles. The van der Waals surface area contributed by atoms with Crippen molar-refractivity contribution in [2.75, 3.05) is 33.7 Å². The first-order valence-electron chi connectivity index (χ1n) is 8.46. The Hall–Kier alpha value is -1.67. The summed E-state index contributed by atoms with van der Waals surface area (Å²) in [7, 11) is -0.100. The summed E-state index contributed by atoms with van der Waals surface area (Å²) in [5.74, 6) is -0.364. The highest BCUT2D eigenvalue weighted by Gasteiger charge is 2.41. The van der Waals surface area contributed by atoms with Gasteiger partial charge in [-0.15, -0.1) is 0 Å². The molecule has 3 fully saturated rings. The van der Waals surface area contributed by atoms with Crippen LogP contribution in [0, 0.1) is 11.7 Å². The molecule has 0 aromatic heterocycles. The molecule has 1 aromatic rings. The second-order valence-corrected chi connectivity index (χ2v) is 9.05. The quantitative estimate of drug-likeness (QED) is 0.815. The Morgan fingerprint density at radius 1 is 1.16 bits per heavy atom. The third kappa shape index (κ3) is 3.95. The average molecular weight is 369 g/mol. The maximum atomic E-state index is 13.0. The molecule has 2 amide bonds. The molecule has 3 saturated heterocycles. The number of hydrogen-bond donors (Lipinski definition) is 0. The standard InChI is InChI=1S/C17H24FN3O3S/c1-19(2)17(22)20-9-14-5-8-16(11-20)21(10-14)25(23,24)12-13-3-6-15(18)7-4-13/h3-4,6-7,14,16H,5,8-12H2,1-2H3/t14-,16+/m0/s1. The second kappa shape index (κ2) is 6.92. The molecule has 3 aliphatic heterocycles. The zero-order valence-electron chi connectivity index (χ0n) is 14.6. The van der Waals surface area contributed by atoms with Crippen LogP contribution in [-0.4, -0.2) is 68.3 Å². The minimum Gasteiger partial charge on any atom is -0.331 e. The number of sulfonamides is 1. The molecule has 3 aliphatic rings. The molecule has 2 bridgehead atoms. The normalized spacial score (nSPS) is 24.2. The minimum absolute atomic E-state index is 0.0744. The molecule has 25 heavy (non-hydrogen) atoms. The van der Waals surface area contributed by atoms with Gasteiger partial charge in [0.15, 0.2) is 0 Å². The fraction of sp³-hybridized carbons (Fsp3) is 0.588. The van der Waals surface area contributed by atoms with Gasteiger partial charge in [0.1, 0.15) is 5.82 Å². The Labute approximate surface area is 148 Å². The fourth-order valence-electron chi connectivity index (χ4n) is 3.69. The van der Waals surface area contributed by atoms with Crippen molar-refractivity contribution in [2.24, 2.45) is 5.92 Å². The maximum absolute atomic E-state index is 13.0. The van der Waals surface area contributed by atoms with Crippen molar-refractivity contribution < 1.29 is 17.6 Å². The zero-order chi connectivity index (χ0) is 18.2. The monoisotopic (exact) mass is 369 g/mol. The first-order chi connectivity index (χ1) is 11.8. The molecule has 6 nitrogen and oxygen atoms in total. The molecule has 0 radical (unpaired) electrons. The molecule has 3 heterocycles. The molecule has 1 aromatic carbocycles. The number of rotatable bonds is 3. The van der Waals surface area contributed by atoms with E-state index in [4.69, 9.17) is 0 Å². The van der Waals surface area contributed by atoms with Crippen LogP contribution in [0.5, 0.6) is 0 Å². The van der Waals surface area contributed by atoms with E-state index in [1.807, 2.05) is 0 Å². The van der Waals surface area contributed by atoms with Crippen LogP contribution < -0.4 is 0 Å². The van der Waals surface area contributed by atoms with Crippen LogP contribution in [0.3, 0.4) is 0 Å². The van der Waals surface area contributed by atoms with Crippen LogP contribution in [0.4, 0.5) is 9.18 Å². The van der Waals surface area contributed by atoms with E-state index in [-0.39, 0.29) is 29.6 Å². The van der Waals surface area contributed by atoms with Gasteiger partial charge in [0.25, 0.3) is 0 Å². The van der Waals surface area contributed by atoms with Crippen molar-refractivity contribution in [3.8, 4) is 0 Å². The summed E-state index contributed by atoms with van der Waals surface area (Å²) in [5, 5.41) is 0. The molecule has 8 heteroatoms. The summed E-state index contributed by atoms with van der Waals surface area (Å²) in [6.07, 6.45) is 1.70. The lowest BCUT2D eigenvalue weighted by molar-refractivity contribution is 0.167. The van der Waals surface area contributed by atoms with Gasteiger partial charge in [0.05, 0.1) is 5.75 Å². The van der Waals surface area contributed by atoms with E-state index in [0.29, 0.717) is 25.2 Å². The van der Waals surface area contributed by atoms with Gasteiger partial charge < -0.3 is 9.80 Å². The average Bonchev–Trinajstić information content (AvgIpc) is 2.88. The van der Waals surface area contributed by atoms with Crippen molar-refractivity contribution in [3.63, 3.8) is 0 Å². The lowest BCUT2D eigenvalue weighted by Crippen LogP contribution is -2.48. The van der Waals surface area contributed by atoms with E-state index in [2.05, 4.69) is 0 Å². The number of carbonyl (C=O) groups is 1. The molecule has 0 spiro atoms. The van der Waals surface area contributed by atoms with Crippen LogP contribution in [0.25, 0.3) is 0 Å². The number of benzene rings is 1. The van der Waals surface area contributed by atoms with Crippen molar-refractivity contribution in [3.05, 3.63) is 35.6 Å². The topological polar surface area (TPSA) is 60.9 Å². The fourth-order valence-corrected chi connectivity index (χ4v) is 5.54. The van der Waals surface area contributed by atoms with E-state index in [9.17, 15) is 17.6 Å². The number of piperidine rings is 1. The van der Waals surface area contributed by atoms with E-state index in [1.54, 1.807) is 23.3 Å². The molecule has 0 saturated carbocycles. The Morgan fingerprint density at radius 3 is 2.48 bits per heavy atom. The predicted molar refractivity (Wildman–Crippen MR) is 92.9 cm³/mol. The Balaban J connectivity index is 1.78. The first kappa shape index (κ1) is 18.1. The number of urea groups is 1. The van der Waals surface area contributed by atoms with Crippen LogP contribution in [0.15, 0.2) is 24.3 Å². The van der Waals surface area contributed by atoms with Crippen LogP contribution in [0.2, 0.25) is 0 Å². The van der Waals surface area contributed by atoms with Crippen LogP contribution in [0.1, 0.15) is 18.4 Å². The van der Waals surface area contributed by atoms with Crippen molar-refractivity contribution in [1.82, 2.24) is 14.1 Å². The van der Waals surface area contributed by atoms with Crippen molar-refractivity contribution in [1.29, 1.82) is 0 Å². The van der Waals surface area contributed by atoms with Crippen molar-refractivity contribution in [2.45, 2.75) is 24.6 Å². The van der Waals surface area contributed by atoms with Gasteiger partial charge in [-0.05, 0) is 36.5 Å². The number of carbonyl (C=O) groups excluding carboxylic acids is 1. The summed E-state index contributed by atoms with van der Waals surface area (Å²) >= 11 is 0. The van der Waals surface area contributed by atoms with Gasteiger partial charge >= 0.3 is 6.03 Å². The van der Waals surface area contributed by atoms with E-state index < -0.39 is 10.0 Å². The Morgan fingerprint density at radius 2 is 1.84 bits per heavy atom. The van der Waals surface area contributed by atoms with E-state index >= 15 is 0 Å². The molecule has 0 N–H and O–H groups in total. The highest BCUT2D eigenvalue weighted by molar-refractivity contribution is 7.88. The largest absolute Gasteiger partial charge is 0.331 e. The summed E-state index contributed by atoms with van der Waals surface area (Å²) in [6.45, 7) is 1.47. The maximum Gasteiger partial charge on any atom is 0.319 e. The minimum atomic E-state index is -3.51. The molecular formula is C17H24FN3O3S. The van der Waals surface area contributed by atoms with Gasteiger partial charge in [0, 0.05) is 39.8 Å². The summed E-state index contributed by atoms with van der Waals surface area (Å²) in [5.41, 5.74) is 0.572. The van der Waals surface area contributed by atoms with Crippen LogP contribution in [-0.2, 0) is 15.8 Å². The first-order valence-corrected chi connectivity index (χ1v) is 10.1. The smallest absolute Gasteiger partial charge is 0.319 e.